The summed E-state index contributed by atoms with van der Waals surface area (Å²) in [5.41, 5.74) is 0. The van der Waals surface area contributed by atoms with Crippen LogP contribution >= 0.6 is 11.6 Å². The smallest absolute Gasteiger partial charge is 0.165 e. The van der Waals surface area contributed by atoms with Crippen LogP contribution in [0.25, 0.3) is 0 Å². The van der Waals surface area contributed by atoms with Crippen LogP contribution in [0, 0.1) is 5.82 Å². The van der Waals surface area contributed by atoms with E-state index in [1.807, 2.05) is 13.8 Å². The second-order valence-corrected chi connectivity index (χ2v) is 3.18. The van der Waals surface area contributed by atoms with Crippen molar-refractivity contribution in [2.45, 2.75) is 20.0 Å². The third kappa shape index (κ3) is 2.38. The molecule has 0 aliphatic rings. The van der Waals surface area contributed by atoms with Crippen LogP contribution in [0.1, 0.15) is 13.8 Å². The Balaban J connectivity index is 2.90. The SMILES string of the molecule is CC(C)Oc1cc(Cl)ccc1F. The molecule has 1 rings (SSSR count). The van der Waals surface area contributed by atoms with Crippen molar-refractivity contribution in [3.63, 3.8) is 0 Å². The van der Waals surface area contributed by atoms with E-state index in [0.717, 1.165) is 0 Å². The molecular weight excluding hydrogens is 179 g/mol. The Labute approximate surface area is 76.1 Å². The molecule has 0 unspecified atom stereocenters. The van der Waals surface area contributed by atoms with Gasteiger partial charge in [-0.3, -0.25) is 0 Å². The summed E-state index contributed by atoms with van der Waals surface area (Å²) in [5, 5.41) is 0.479. The maximum atomic E-state index is 12.9. The van der Waals surface area contributed by atoms with Crippen molar-refractivity contribution in [1.82, 2.24) is 0 Å². The van der Waals surface area contributed by atoms with E-state index < -0.39 is 0 Å². The van der Waals surface area contributed by atoms with Gasteiger partial charge in [0, 0.05) is 11.1 Å². The molecule has 12 heavy (non-hydrogen) atoms. The molecule has 1 aromatic rings. The maximum Gasteiger partial charge on any atom is 0.165 e. The average Bonchev–Trinajstić information content (AvgIpc) is 1.96. The zero-order valence-corrected chi connectivity index (χ0v) is 7.73. The molecule has 0 heterocycles. The van der Waals surface area contributed by atoms with Gasteiger partial charge in [-0.2, -0.15) is 0 Å². The predicted molar refractivity (Wildman–Crippen MR) is 47.2 cm³/mol. The molecule has 0 fully saturated rings. The Bertz CT molecular complexity index is 273. The normalized spacial score (nSPS) is 10.4. The van der Waals surface area contributed by atoms with Gasteiger partial charge < -0.3 is 4.74 Å². The highest BCUT2D eigenvalue weighted by molar-refractivity contribution is 6.30. The van der Waals surface area contributed by atoms with E-state index in [1.54, 1.807) is 0 Å². The van der Waals surface area contributed by atoms with Gasteiger partial charge in [-0.05, 0) is 26.0 Å². The van der Waals surface area contributed by atoms with Gasteiger partial charge in [-0.25, -0.2) is 4.39 Å². The van der Waals surface area contributed by atoms with Crippen molar-refractivity contribution < 1.29 is 9.13 Å². The summed E-state index contributed by atoms with van der Waals surface area (Å²) < 4.78 is 18.1. The minimum Gasteiger partial charge on any atom is -0.488 e. The molecule has 0 amide bonds. The van der Waals surface area contributed by atoms with Crippen LogP contribution in [0.5, 0.6) is 5.75 Å². The highest BCUT2D eigenvalue weighted by Crippen LogP contribution is 2.22. The van der Waals surface area contributed by atoms with Gasteiger partial charge in [0.05, 0.1) is 6.10 Å². The second-order valence-electron chi connectivity index (χ2n) is 2.74. The number of hydrogen-bond acceptors (Lipinski definition) is 1. The fourth-order valence-electron chi connectivity index (χ4n) is 0.821. The molecule has 0 spiro atoms. The Kier molecular flexibility index (Phi) is 2.93. The predicted octanol–water partition coefficient (Wildman–Crippen LogP) is 3.27. The molecular formula is C9H10ClFO. The summed E-state index contributed by atoms with van der Waals surface area (Å²) in [4.78, 5) is 0. The third-order valence-corrected chi connectivity index (χ3v) is 1.49. The summed E-state index contributed by atoms with van der Waals surface area (Å²) in [6.45, 7) is 3.67. The Hall–Kier alpha value is -0.760. The molecule has 0 radical (unpaired) electrons. The van der Waals surface area contributed by atoms with Crippen molar-refractivity contribution in [3.8, 4) is 5.75 Å². The molecule has 1 aromatic carbocycles. The zero-order chi connectivity index (χ0) is 9.14. The van der Waals surface area contributed by atoms with Gasteiger partial charge in [0.25, 0.3) is 0 Å². The van der Waals surface area contributed by atoms with Crippen molar-refractivity contribution in [3.05, 3.63) is 29.0 Å². The minimum absolute atomic E-state index is 0.0435. The number of halogens is 2. The standard InChI is InChI=1S/C9H10ClFO/c1-6(2)12-9-5-7(10)3-4-8(9)11/h3-6H,1-2H3. The van der Waals surface area contributed by atoms with E-state index in [2.05, 4.69) is 0 Å². The fraction of sp³-hybridized carbons (Fsp3) is 0.333. The van der Waals surface area contributed by atoms with E-state index in [4.69, 9.17) is 16.3 Å². The average molecular weight is 189 g/mol. The molecule has 0 saturated carbocycles. The van der Waals surface area contributed by atoms with Crippen molar-refractivity contribution >= 4 is 11.6 Å². The Morgan fingerprint density at radius 1 is 1.42 bits per heavy atom. The van der Waals surface area contributed by atoms with Gasteiger partial charge in [0.2, 0.25) is 0 Å². The van der Waals surface area contributed by atoms with Crippen LogP contribution in [0.15, 0.2) is 18.2 Å². The van der Waals surface area contributed by atoms with Gasteiger partial charge >= 0.3 is 0 Å². The molecule has 0 aliphatic heterocycles. The lowest BCUT2D eigenvalue weighted by molar-refractivity contribution is 0.231. The van der Waals surface area contributed by atoms with Crippen LogP contribution < -0.4 is 4.74 Å². The Morgan fingerprint density at radius 2 is 2.08 bits per heavy atom. The van der Waals surface area contributed by atoms with Crippen molar-refractivity contribution in [2.24, 2.45) is 0 Å². The molecule has 0 N–H and O–H groups in total. The molecule has 0 aromatic heterocycles. The Morgan fingerprint density at radius 3 is 2.67 bits per heavy atom. The molecule has 0 aliphatic carbocycles. The molecule has 3 heteroatoms. The van der Waals surface area contributed by atoms with E-state index in [1.165, 1.54) is 18.2 Å². The first-order valence-electron chi connectivity index (χ1n) is 3.71. The summed E-state index contributed by atoms with van der Waals surface area (Å²) in [7, 11) is 0. The van der Waals surface area contributed by atoms with Crippen LogP contribution in [0.3, 0.4) is 0 Å². The summed E-state index contributed by atoms with van der Waals surface area (Å²) >= 11 is 5.65. The van der Waals surface area contributed by atoms with Crippen molar-refractivity contribution in [2.75, 3.05) is 0 Å². The van der Waals surface area contributed by atoms with Crippen LogP contribution in [0.4, 0.5) is 4.39 Å². The zero-order valence-electron chi connectivity index (χ0n) is 6.97. The molecule has 66 valence electrons. The highest BCUT2D eigenvalue weighted by atomic mass is 35.5. The number of rotatable bonds is 2. The lowest BCUT2D eigenvalue weighted by Crippen LogP contribution is -2.06. The van der Waals surface area contributed by atoms with Gasteiger partial charge in [-0.15, -0.1) is 0 Å². The lowest BCUT2D eigenvalue weighted by Gasteiger charge is -2.10. The molecule has 0 bridgehead atoms. The number of benzene rings is 1. The topological polar surface area (TPSA) is 9.23 Å². The maximum absolute atomic E-state index is 12.9. The van der Waals surface area contributed by atoms with Crippen LogP contribution in [-0.4, -0.2) is 6.10 Å². The van der Waals surface area contributed by atoms with Gasteiger partial charge in [-0.1, -0.05) is 11.6 Å². The third-order valence-electron chi connectivity index (χ3n) is 1.26. The van der Waals surface area contributed by atoms with E-state index >= 15 is 0 Å². The largest absolute Gasteiger partial charge is 0.488 e. The highest BCUT2D eigenvalue weighted by Gasteiger charge is 2.05. The van der Waals surface area contributed by atoms with Crippen LogP contribution in [0.2, 0.25) is 5.02 Å². The number of ether oxygens (including phenoxy) is 1. The van der Waals surface area contributed by atoms with Gasteiger partial charge in [0.1, 0.15) is 0 Å². The summed E-state index contributed by atoms with van der Waals surface area (Å²) in [6, 6.07) is 4.25. The van der Waals surface area contributed by atoms with Crippen molar-refractivity contribution in [1.29, 1.82) is 0 Å². The van der Waals surface area contributed by atoms with Gasteiger partial charge in [0.15, 0.2) is 11.6 Å². The second kappa shape index (κ2) is 3.76. The fourth-order valence-corrected chi connectivity index (χ4v) is 0.984. The summed E-state index contributed by atoms with van der Waals surface area (Å²) in [5.74, 6) is -0.175. The first-order valence-corrected chi connectivity index (χ1v) is 4.09. The van der Waals surface area contributed by atoms with E-state index in [0.29, 0.717) is 5.02 Å². The summed E-state index contributed by atoms with van der Waals surface area (Å²) in [6.07, 6.45) is -0.0435. The number of hydrogen-bond donors (Lipinski definition) is 0. The van der Waals surface area contributed by atoms with Crippen LogP contribution in [-0.2, 0) is 0 Å². The first-order chi connectivity index (χ1) is 5.59. The quantitative estimate of drug-likeness (QED) is 0.692. The van der Waals surface area contributed by atoms with E-state index in [9.17, 15) is 4.39 Å². The molecule has 1 nitrogen and oxygen atoms in total. The lowest BCUT2D eigenvalue weighted by atomic mass is 10.3. The molecule has 0 saturated heterocycles. The monoisotopic (exact) mass is 188 g/mol. The van der Waals surface area contributed by atoms with E-state index in [-0.39, 0.29) is 17.7 Å². The molecule has 0 atom stereocenters. The minimum atomic E-state index is -0.381. The first kappa shape index (κ1) is 9.33.